The minimum absolute atomic E-state index is 0.170. The third-order valence-corrected chi connectivity index (χ3v) is 2.49. The third kappa shape index (κ3) is 2.93. The van der Waals surface area contributed by atoms with Crippen molar-refractivity contribution in [2.75, 3.05) is 12.8 Å². The first kappa shape index (κ1) is 12.9. The molecule has 0 aliphatic carbocycles. The Hall–Kier alpha value is -1.13. The van der Waals surface area contributed by atoms with Gasteiger partial charge >= 0.3 is 0 Å². The van der Waals surface area contributed by atoms with Crippen LogP contribution < -0.4 is 5.73 Å². The lowest BCUT2D eigenvalue weighted by molar-refractivity contribution is 0.0579. The Morgan fingerprint density at radius 3 is 2.94 bits per heavy atom. The highest BCUT2D eigenvalue weighted by Gasteiger charge is 2.21. The fourth-order valence-corrected chi connectivity index (χ4v) is 1.60. The molecule has 0 saturated heterocycles. The zero-order valence-corrected chi connectivity index (χ0v) is 10.1. The molecule has 5 heteroatoms. The van der Waals surface area contributed by atoms with Gasteiger partial charge in [-0.15, -0.1) is 0 Å². The van der Waals surface area contributed by atoms with Crippen molar-refractivity contribution in [3.63, 3.8) is 0 Å². The summed E-state index contributed by atoms with van der Waals surface area (Å²) in [5.74, 6) is 0.0180. The largest absolute Gasteiger partial charge is 0.383 e. The second-order valence-corrected chi connectivity index (χ2v) is 3.90. The number of rotatable bonds is 5. The second kappa shape index (κ2) is 5.82. The van der Waals surface area contributed by atoms with Crippen LogP contribution in [-0.2, 0) is 4.74 Å². The molecule has 2 N–H and O–H groups in total. The van der Waals surface area contributed by atoms with Crippen molar-refractivity contribution in [2.24, 2.45) is 0 Å². The summed E-state index contributed by atoms with van der Waals surface area (Å²) in [5.41, 5.74) is 5.96. The van der Waals surface area contributed by atoms with E-state index in [4.69, 9.17) is 22.1 Å². The number of carbonyl (C=O) groups is 1. The molecule has 0 aliphatic heterocycles. The molecule has 16 heavy (non-hydrogen) atoms. The lowest BCUT2D eigenvalue weighted by Crippen LogP contribution is -2.24. The van der Waals surface area contributed by atoms with Crippen molar-refractivity contribution >= 4 is 23.2 Å². The molecule has 1 aromatic heterocycles. The molecular weight excluding hydrogens is 228 g/mol. The number of aromatic nitrogens is 1. The van der Waals surface area contributed by atoms with E-state index in [0.717, 1.165) is 6.42 Å². The first-order chi connectivity index (χ1) is 7.60. The first-order valence-corrected chi connectivity index (χ1v) is 5.46. The van der Waals surface area contributed by atoms with Gasteiger partial charge in [0.15, 0.2) is 5.78 Å². The van der Waals surface area contributed by atoms with Gasteiger partial charge in [0.2, 0.25) is 0 Å². The summed E-state index contributed by atoms with van der Waals surface area (Å²) in [5, 5.41) is 0.393. The molecule has 0 bridgehead atoms. The number of ether oxygens (including phenoxy) is 1. The molecule has 0 fully saturated rings. The van der Waals surface area contributed by atoms with Crippen LogP contribution in [0.4, 0.5) is 5.82 Å². The average Bonchev–Trinajstić information content (AvgIpc) is 2.28. The van der Waals surface area contributed by atoms with Crippen LogP contribution in [-0.4, -0.2) is 24.0 Å². The van der Waals surface area contributed by atoms with E-state index in [2.05, 4.69) is 4.98 Å². The van der Waals surface area contributed by atoms with Crippen LogP contribution in [0.1, 0.15) is 30.1 Å². The van der Waals surface area contributed by atoms with Gasteiger partial charge in [-0.1, -0.05) is 24.9 Å². The molecule has 1 aromatic rings. The summed E-state index contributed by atoms with van der Waals surface area (Å²) < 4.78 is 5.13. The van der Waals surface area contributed by atoms with E-state index in [0.29, 0.717) is 17.0 Å². The van der Waals surface area contributed by atoms with Crippen molar-refractivity contribution in [3.8, 4) is 0 Å². The number of Topliss-reactive ketones (excluding diaryl/α,β-unsaturated/α-hetero) is 1. The average molecular weight is 243 g/mol. The van der Waals surface area contributed by atoms with Crippen molar-refractivity contribution in [3.05, 3.63) is 22.8 Å². The van der Waals surface area contributed by atoms with Crippen molar-refractivity contribution in [1.82, 2.24) is 4.98 Å². The maximum atomic E-state index is 12.0. The molecular formula is C11H15ClN2O2. The number of hydrogen-bond donors (Lipinski definition) is 1. The number of nitrogens with zero attached hydrogens (tertiary/aromatic N) is 1. The lowest BCUT2D eigenvalue weighted by Gasteiger charge is -2.14. The van der Waals surface area contributed by atoms with Gasteiger partial charge in [0, 0.05) is 13.3 Å². The molecule has 0 radical (unpaired) electrons. The molecule has 1 atom stereocenters. The quantitative estimate of drug-likeness (QED) is 0.805. The Bertz CT molecular complexity index is 382. The fourth-order valence-electron chi connectivity index (χ4n) is 1.44. The third-order valence-electron chi connectivity index (χ3n) is 2.28. The van der Waals surface area contributed by atoms with Gasteiger partial charge in [0.1, 0.15) is 11.9 Å². The molecule has 0 spiro atoms. The monoisotopic (exact) mass is 242 g/mol. The molecule has 88 valence electrons. The molecule has 0 amide bonds. The van der Waals surface area contributed by atoms with Crippen LogP contribution in [0.2, 0.25) is 5.02 Å². The van der Waals surface area contributed by atoms with Gasteiger partial charge in [0.25, 0.3) is 0 Å². The lowest BCUT2D eigenvalue weighted by atomic mass is 10.0. The van der Waals surface area contributed by atoms with Gasteiger partial charge in [-0.25, -0.2) is 4.98 Å². The molecule has 0 aromatic carbocycles. The van der Waals surface area contributed by atoms with Gasteiger partial charge in [-0.05, 0) is 12.5 Å². The van der Waals surface area contributed by atoms with Gasteiger partial charge in [0.05, 0.1) is 10.6 Å². The fraction of sp³-hybridized carbons (Fsp3) is 0.455. The van der Waals surface area contributed by atoms with E-state index < -0.39 is 6.10 Å². The number of hydrogen-bond acceptors (Lipinski definition) is 4. The van der Waals surface area contributed by atoms with E-state index in [1.807, 2.05) is 6.92 Å². The predicted molar refractivity (Wildman–Crippen MR) is 63.7 cm³/mol. The van der Waals surface area contributed by atoms with Crippen LogP contribution in [0.25, 0.3) is 0 Å². The number of anilines is 1. The Morgan fingerprint density at radius 2 is 2.38 bits per heavy atom. The molecule has 0 saturated carbocycles. The van der Waals surface area contributed by atoms with Gasteiger partial charge < -0.3 is 10.5 Å². The van der Waals surface area contributed by atoms with Crippen LogP contribution in [0.15, 0.2) is 12.3 Å². The normalized spacial score (nSPS) is 12.4. The van der Waals surface area contributed by atoms with Crippen LogP contribution in [0.5, 0.6) is 0 Å². The van der Waals surface area contributed by atoms with E-state index in [1.54, 1.807) is 0 Å². The summed E-state index contributed by atoms with van der Waals surface area (Å²) >= 11 is 5.77. The summed E-state index contributed by atoms with van der Waals surface area (Å²) in [6, 6.07) is 1.52. The molecule has 4 nitrogen and oxygen atoms in total. The van der Waals surface area contributed by atoms with Crippen LogP contribution in [0.3, 0.4) is 0 Å². The maximum Gasteiger partial charge on any atom is 0.195 e. The highest BCUT2D eigenvalue weighted by atomic mass is 35.5. The standard InChI is InChI=1S/C11H15ClN2O2/c1-3-4-9(16-2)10(15)8-5-7(12)6-14-11(8)13/h5-6,9H,3-4H2,1-2H3,(H2,13,14). The number of methoxy groups -OCH3 is 1. The predicted octanol–water partition coefficient (Wildman–Crippen LogP) is 2.31. The van der Waals surface area contributed by atoms with Gasteiger partial charge in [-0.2, -0.15) is 0 Å². The summed E-state index contributed by atoms with van der Waals surface area (Å²) in [6.45, 7) is 1.98. The zero-order valence-electron chi connectivity index (χ0n) is 9.37. The van der Waals surface area contributed by atoms with Crippen molar-refractivity contribution in [2.45, 2.75) is 25.9 Å². The smallest absolute Gasteiger partial charge is 0.195 e. The number of halogens is 1. The highest BCUT2D eigenvalue weighted by molar-refractivity contribution is 6.31. The maximum absolute atomic E-state index is 12.0. The summed E-state index contributed by atoms with van der Waals surface area (Å²) in [6.07, 6.45) is 2.45. The number of ketones is 1. The number of nitrogen functional groups attached to an aromatic ring is 1. The number of carbonyl (C=O) groups excluding carboxylic acids is 1. The minimum Gasteiger partial charge on any atom is -0.383 e. The van der Waals surface area contributed by atoms with Crippen LogP contribution in [0, 0.1) is 0 Å². The number of nitrogens with two attached hydrogens (primary N) is 1. The van der Waals surface area contributed by atoms with Gasteiger partial charge in [-0.3, -0.25) is 4.79 Å². The van der Waals surface area contributed by atoms with E-state index in [-0.39, 0.29) is 11.6 Å². The van der Waals surface area contributed by atoms with E-state index in [1.165, 1.54) is 19.4 Å². The SMILES string of the molecule is CCCC(OC)C(=O)c1cc(Cl)cnc1N. The Kier molecular flexibility index (Phi) is 4.71. The summed E-state index contributed by atoms with van der Waals surface area (Å²) in [4.78, 5) is 15.9. The first-order valence-electron chi connectivity index (χ1n) is 5.08. The van der Waals surface area contributed by atoms with E-state index >= 15 is 0 Å². The van der Waals surface area contributed by atoms with E-state index in [9.17, 15) is 4.79 Å². The Balaban J connectivity index is 2.98. The minimum atomic E-state index is -0.479. The molecule has 0 aliphatic rings. The topological polar surface area (TPSA) is 65.2 Å². The Labute approximate surface area is 99.8 Å². The Morgan fingerprint density at radius 1 is 1.69 bits per heavy atom. The molecule has 1 rings (SSSR count). The molecule has 1 heterocycles. The second-order valence-electron chi connectivity index (χ2n) is 3.46. The highest BCUT2D eigenvalue weighted by Crippen LogP contribution is 2.19. The summed E-state index contributed by atoms with van der Waals surface area (Å²) in [7, 11) is 1.51. The van der Waals surface area contributed by atoms with Crippen molar-refractivity contribution < 1.29 is 9.53 Å². The number of pyridine rings is 1. The van der Waals surface area contributed by atoms with Crippen LogP contribution >= 0.6 is 11.6 Å². The van der Waals surface area contributed by atoms with Crippen molar-refractivity contribution in [1.29, 1.82) is 0 Å². The molecule has 1 unspecified atom stereocenters. The zero-order chi connectivity index (χ0) is 12.1.